The van der Waals surface area contributed by atoms with Gasteiger partial charge < -0.3 is 19.5 Å². The van der Waals surface area contributed by atoms with E-state index in [1.54, 1.807) is 17.0 Å². The molecule has 1 N–H and O–H groups in total. The predicted molar refractivity (Wildman–Crippen MR) is 115 cm³/mol. The predicted octanol–water partition coefficient (Wildman–Crippen LogP) is 3.33. The minimum absolute atomic E-state index is 0.194. The van der Waals surface area contributed by atoms with Crippen LogP contribution in [-0.4, -0.2) is 64.8 Å². The molecular formula is C23H26FN3O5. The Bertz CT molecular complexity index is 1000. The average molecular weight is 443 g/mol. The number of amides is 1. The van der Waals surface area contributed by atoms with Crippen molar-refractivity contribution in [2.75, 3.05) is 26.8 Å². The fourth-order valence-electron chi connectivity index (χ4n) is 3.97. The number of rotatable bonds is 3. The van der Waals surface area contributed by atoms with E-state index in [0.717, 1.165) is 25.9 Å². The molecule has 9 heteroatoms. The molecule has 2 aliphatic heterocycles. The Hall–Kier alpha value is -3.33. The number of aromatic nitrogens is 2. The first-order valence-electron chi connectivity index (χ1n) is 10.3. The van der Waals surface area contributed by atoms with Gasteiger partial charge in [0.25, 0.3) is 12.4 Å². The maximum atomic E-state index is 14.3. The Morgan fingerprint density at radius 3 is 2.69 bits per heavy atom. The zero-order valence-corrected chi connectivity index (χ0v) is 18.1. The van der Waals surface area contributed by atoms with Gasteiger partial charge in [0, 0.05) is 36.5 Å². The van der Waals surface area contributed by atoms with Crippen LogP contribution in [0.5, 0.6) is 5.88 Å². The second-order valence-electron chi connectivity index (χ2n) is 7.70. The highest BCUT2D eigenvalue weighted by molar-refractivity contribution is 5.95. The third-order valence-corrected chi connectivity index (χ3v) is 5.53. The van der Waals surface area contributed by atoms with Crippen molar-refractivity contribution in [1.29, 1.82) is 0 Å². The van der Waals surface area contributed by atoms with E-state index in [-0.39, 0.29) is 18.0 Å². The molecule has 0 aliphatic carbocycles. The number of halogens is 1. The van der Waals surface area contributed by atoms with E-state index in [9.17, 15) is 9.18 Å². The summed E-state index contributed by atoms with van der Waals surface area (Å²) < 4.78 is 25.4. The number of carboxylic acid groups (broad SMARTS) is 1. The second-order valence-corrected chi connectivity index (χ2v) is 7.70. The summed E-state index contributed by atoms with van der Waals surface area (Å²) in [5.74, 6) is -0.00376. The molecule has 1 aromatic heterocycles. The van der Waals surface area contributed by atoms with Crippen LogP contribution in [0.25, 0.3) is 11.4 Å². The number of piperidine rings is 1. The van der Waals surface area contributed by atoms with Crippen LogP contribution in [0, 0.1) is 5.82 Å². The first-order chi connectivity index (χ1) is 15.4. The Labute approximate surface area is 185 Å². The topological polar surface area (TPSA) is 102 Å². The standard InChI is InChI=1S/C22H24FN3O3.CH2O2/c1-15-4-10-29-22(14-15)5-8-26(9-6-22)21(27)17-11-16(12-18(23)13-17)20-24-7-3-19(25-20)28-2;2-1-3/h3,7,11-14H,4-6,8-10H2,1-2H3;1H,(H,2,3). The van der Waals surface area contributed by atoms with Gasteiger partial charge >= 0.3 is 0 Å². The van der Waals surface area contributed by atoms with E-state index < -0.39 is 5.82 Å². The normalized spacial score (nSPS) is 17.1. The Morgan fingerprint density at radius 2 is 2.03 bits per heavy atom. The number of likely N-dealkylation sites (tertiary alicyclic amines) is 1. The van der Waals surface area contributed by atoms with Crippen molar-refractivity contribution in [1.82, 2.24) is 14.9 Å². The van der Waals surface area contributed by atoms with E-state index >= 15 is 0 Å². The minimum atomic E-state index is -0.500. The summed E-state index contributed by atoms with van der Waals surface area (Å²) in [5.41, 5.74) is 1.80. The van der Waals surface area contributed by atoms with Crippen LogP contribution in [-0.2, 0) is 9.53 Å². The molecule has 32 heavy (non-hydrogen) atoms. The van der Waals surface area contributed by atoms with Crippen molar-refractivity contribution in [3.63, 3.8) is 0 Å². The number of nitrogens with zero attached hydrogens (tertiary/aromatic N) is 3. The molecule has 1 fully saturated rings. The fourth-order valence-corrected chi connectivity index (χ4v) is 3.97. The maximum absolute atomic E-state index is 14.3. The monoisotopic (exact) mass is 443 g/mol. The molecule has 0 saturated carbocycles. The molecule has 170 valence electrons. The lowest BCUT2D eigenvalue weighted by atomic mass is 9.87. The van der Waals surface area contributed by atoms with Crippen LogP contribution < -0.4 is 4.74 Å². The first-order valence-corrected chi connectivity index (χ1v) is 10.3. The van der Waals surface area contributed by atoms with Gasteiger partial charge in [-0.05, 0) is 44.4 Å². The maximum Gasteiger partial charge on any atom is 0.290 e. The van der Waals surface area contributed by atoms with Crippen LogP contribution >= 0.6 is 0 Å². The van der Waals surface area contributed by atoms with Crippen molar-refractivity contribution in [3.05, 3.63) is 53.5 Å². The highest BCUT2D eigenvalue weighted by Crippen LogP contribution is 2.33. The van der Waals surface area contributed by atoms with E-state index in [1.165, 1.54) is 31.0 Å². The molecule has 1 spiro atoms. The minimum Gasteiger partial charge on any atom is -0.483 e. The number of carbonyl (C=O) groups excluding carboxylic acids is 1. The van der Waals surface area contributed by atoms with Gasteiger partial charge in [0.2, 0.25) is 5.88 Å². The molecule has 4 rings (SSSR count). The molecule has 0 unspecified atom stereocenters. The Morgan fingerprint density at radius 1 is 1.31 bits per heavy atom. The quantitative estimate of drug-likeness (QED) is 0.573. The zero-order chi connectivity index (χ0) is 23.1. The van der Waals surface area contributed by atoms with E-state index in [4.69, 9.17) is 19.4 Å². The van der Waals surface area contributed by atoms with E-state index in [2.05, 4.69) is 23.0 Å². The lowest BCUT2D eigenvalue weighted by molar-refractivity contribution is -0.122. The highest BCUT2D eigenvalue weighted by Gasteiger charge is 2.37. The van der Waals surface area contributed by atoms with Crippen LogP contribution in [0.1, 0.15) is 36.5 Å². The highest BCUT2D eigenvalue weighted by atomic mass is 19.1. The Kier molecular flexibility index (Phi) is 7.53. The molecule has 2 aromatic rings. The van der Waals surface area contributed by atoms with Gasteiger partial charge in [-0.15, -0.1) is 0 Å². The van der Waals surface area contributed by atoms with Crippen molar-refractivity contribution in [2.45, 2.75) is 31.8 Å². The van der Waals surface area contributed by atoms with Crippen molar-refractivity contribution in [2.24, 2.45) is 0 Å². The van der Waals surface area contributed by atoms with E-state index in [1.807, 2.05) is 0 Å². The molecule has 1 saturated heterocycles. The van der Waals surface area contributed by atoms with Crippen molar-refractivity contribution >= 4 is 12.4 Å². The molecule has 3 heterocycles. The average Bonchev–Trinajstić information content (AvgIpc) is 2.79. The van der Waals surface area contributed by atoms with Crippen molar-refractivity contribution in [3.8, 4) is 17.3 Å². The summed E-state index contributed by atoms with van der Waals surface area (Å²) in [5, 5.41) is 6.89. The summed E-state index contributed by atoms with van der Waals surface area (Å²) in [6, 6.07) is 5.82. The van der Waals surface area contributed by atoms with Gasteiger partial charge in [-0.2, -0.15) is 4.98 Å². The summed E-state index contributed by atoms with van der Waals surface area (Å²) in [7, 11) is 1.50. The lowest BCUT2D eigenvalue weighted by Gasteiger charge is -2.42. The lowest BCUT2D eigenvalue weighted by Crippen LogP contribution is -2.48. The molecule has 0 radical (unpaired) electrons. The largest absolute Gasteiger partial charge is 0.483 e. The van der Waals surface area contributed by atoms with Gasteiger partial charge in [-0.1, -0.05) is 11.6 Å². The van der Waals surface area contributed by atoms with Gasteiger partial charge in [0.05, 0.1) is 19.3 Å². The van der Waals surface area contributed by atoms with Crippen LogP contribution in [0.2, 0.25) is 0 Å². The smallest absolute Gasteiger partial charge is 0.290 e. The molecule has 2 aliphatic rings. The molecule has 0 bridgehead atoms. The summed E-state index contributed by atoms with van der Waals surface area (Å²) >= 11 is 0. The summed E-state index contributed by atoms with van der Waals surface area (Å²) in [4.78, 5) is 31.6. The van der Waals surface area contributed by atoms with Gasteiger partial charge in [-0.25, -0.2) is 9.37 Å². The SMILES string of the molecule is COc1ccnc(-c2cc(F)cc(C(=O)N3CCC4(C=C(C)CCO4)CC3)c2)n1.O=CO. The molecule has 1 amide bonds. The number of hydrogen-bond acceptors (Lipinski definition) is 6. The zero-order valence-electron chi connectivity index (χ0n) is 18.1. The van der Waals surface area contributed by atoms with Gasteiger partial charge in [0.1, 0.15) is 5.82 Å². The van der Waals surface area contributed by atoms with Crippen LogP contribution in [0.15, 0.2) is 42.1 Å². The third kappa shape index (κ3) is 5.47. The number of carbonyl (C=O) groups is 2. The fraction of sp³-hybridized carbons (Fsp3) is 0.391. The van der Waals surface area contributed by atoms with Crippen molar-refractivity contribution < 1.29 is 28.6 Å². The van der Waals surface area contributed by atoms with Crippen LogP contribution in [0.3, 0.4) is 0 Å². The van der Waals surface area contributed by atoms with Gasteiger partial charge in [-0.3, -0.25) is 9.59 Å². The number of methoxy groups -OCH3 is 1. The molecule has 8 nitrogen and oxygen atoms in total. The molecule has 0 atom stereocenters. The third-order valence-electron chi connectivity index (χ3n) is 5.53. The number of hydrogen-bond donors (Lipinski definition) is 1. The van der Waals surface area contributed by atoms with Gasteiger partial charge in [0.15, 0.2) is 5.82 Å². The van der Waals surface area contributed by atoms with Crippen LogP contribution in [0.4, 0.5) is 4.39 Å². The molecular weight excluding hydrogens is 417 g/mol. The number of benzene rings is 1. The summed E-state index contributed by atoms with van der Waals surface area (Å²) in [6.07, 6.45) is 6.20. The number of ether oxygens (including phenoxy) is 2. The second kappa shape index (κ2) is 10.3. The molecule has 1 aromatic carbocycles. The Balaban J connectivity index is 0.000000913. The first kappa shape index (κ1) is 23.3. The van der Waals surface area contributed by atoms with E-state index in [0.29, 0.717) is 35.9 Å². The summed E-state index contributed by atoms with van der Waals surface area (Å²) in [6.45, 7) is 3.75.